The first-order chi connectivity index (χ1) is 13.9. The van der Waals surface area contributed by atoms with Crippen LogP contribution in [0.1, 0.15) is 45.4 Å². The van der Waals surface area contributed by atoms with Gasteiger partial charge in [-0.2, -0.15) is 11.8 Å². The van der Waals surface area contributed by atoms with Crippen LogP contribution in [0.25, 0.3) is 0 Å². The highest BCUT2D eigenvalue weighted by atomic mass is 32.2. The molecule has 2 N–H and O–H groups in total. The van der Waals surface area contributed by atoms with E-state index in [1.807, 2.05) is 6.26 Å². The summed E-state index contributed by atoms with van der Waals surface area (Å²) in [5.74, 6) is -1.76. The van der Waals surface area contributed by atoms with Gasteiger partial charge in [-0.05, 0) is 44.6 Å². The van der Waals surface area contributed by atoms with Crippen LogP contribution in [0.2, 0.25) is 0 Å². The van der Waals surface area contributed by atoms with Gasteiger partial charge in [0.15, 0.2) is 0 Å². The quantitative estimate of drug-likeness (QED) is 0.298. The van der Waals surface area contributed by atoms with Crippen LogP contribution in [-0.2, 0) is 28.6 Å². The Kier molecular flexibility index (Phi) is 12.3. The lowest BCUT2D eigenvalue weighted by molar-refractivity contribution is -0.151. The number of carbonyl (C=O) groups is 3. The van der Waals surface area contributed by atoms with E-state index < -0.39 is 29.3 Å². The van der Waals surface area contributed by atoms with Gasteiger partial charge in [-0.15, -0.1) is 0 Å². The number of hydrogen-bond donors (Lipinski definition) is 2. The smallest absolute Gasteiger partial charge is 0.328 e. The maximum atomic E-state index is 13.2. The van der Waals surface area contributed by atoms with Gasteiger partial charge >= 0.3 is 11.9 Å². The van der Waals surface area contributed by atoms with Crippen LogP contribution in [0.3, 0.4) is 0 Å². The summed E-state index contributed by atoms with van der Waals surface area (Å²) in [7, 11) is 1.55. The molecule has 0 bridgehead atoms. The van der Waals surface area contributed by atoms with Crippen LogP contribution in [0.5, 0.6) is 0 Å². The van der Waals surface area contributed by atoms with Gasteiger partial charge in [0.2, 0.25) is 5.91 Å². The Bertz CT molecular complexity index is 523. The fraction of sp³-hybridized carbons (Fsp3) is 0.850. The van der Waals surface area contributed by atoms with E-state index in [0.717, 1.165) is 12.8 Å². The molecule has 1 aliphatic carbocycles. The molecule has 0 aromatic rings. The maximum Gasteiger partial charge on any atom is 0.328 e. The number of esters is 1. The molecule has 0 spiro atoms. The lowest BCUT2D eigenvalue weighted by atomic mass is 9.76. The normalized spacial score (nSPS) is 17.5. The molecule has 0 aromatic carbocycles. The van der Waals surface area contributed by atoms with Gasteiger partial charge in [0.1, 0.15) is 6.04 Å². The van der Waals surface area contributed by atoms with E-state index in [9.17, 15) is 19.5 Å². The van der Waals surface area contributed by atoms with Crippen molar-refractivity contribution in [3.8, 4) is 0 Å². The number of rotatable bonds is 15. The molecule has 1 fully saturated rings. The van der Waals surface area contributed by atoms with Gasteiger partial charge in [-0.1, -0.05) is 12.8 Å². The van der Waals surface area contributed by atoms with Crippen molar-refractivity contribution in [2.45, 2.75) is 51.5 Å². The number of ether oxygens (including phenoxy) is 3. The summed E-state index contributed by atoms with van der Waals surface area (Å²) >= 11 is 1.59. The standard InChI is InChI=1S/C20H35NO7S/c1-4-28-18(24)16(7-12-29-3)21-19(25)20(8-5-6-9-20)13-15(17(22)23)14-27-11-10-26-2/h15-16H,4-14H2,1-3H3,(H,21,25)(H,22,23)/t15-,16+/m1/s1. The van der Waals surface area contributed by atoms with Crippen LogP contribution in [0, 0.1) is 11.3 Å². The molecule has 0 aromatic heterocycles. The predicted molar refractivity (Wildman–Crippen MR) is 111 cm³/mol. The average Bonchev–Trinajstić information content (AvgIpc) is 3.17. The van der Waals surface area contributed by atoms with Crippen molar-refractivity contribution in [3.63, 3.8) is 0 Å². The summed E-state index contributed by atoms with van der Waals surface area (Å²) < 4.78 is 15.4. The lowest BCUT2D eigenvalue weighted by Gasteiger charge is -2.32. The molecule has 2 atom stereocenters. The number of thioether (sulfide) groups is 1. The van der Waals surface area contributed by atoms with Crippen molar-refractivity contribution in [2.24, 2.45) is 11.3 Å². The summed E-state index contributed by atoms with van der Waals surface area (Å²) in [6, 6.07) is -0.714. The van der Waals surface area contributed by atoms with Crippen molar-refractivity contribution in [2.75, 3.05) is 45.5 Å². The molecule has 29 heavy (non-hydrogen) atoms. The minimum Gasteiger partial charge on any atom is -0.481 e. The van der Waals surface area contributed by atoms with E-state index in [-0.39, 0.29) is 25.5 Å². The van der Waals surface area contributed by atoms with E-state index in [0.29, 0.717) is 38.2 Å². The van der Waals surface area contributed by atoms with Gasteiger partial charge in [0, 0.05) is 7.11 Å². The third-order valence-corrected chi connectivity index (χ3v) is 5.91. The number of nitrogens with one attached hydrogen (secondary N) is 1. The SMILES string of the molecule is CCOC(=O)[C@H](CCSC)NC(=O)C1(C[C@H](COCCOC)C(=O)O)CCCC1. The zero-order valence-electron chi connectivity index (χ0n) is 17.7. The average molecular weight is 434 g/mol. The summed E-state index contributed by atoms with van der Waals surface area (Å²) in [6.45, 7) is 2.69. The molecule has 1 saturated carbocycles. The Morgan fingerprint density at radius 1 is 1.21 bits per heavy atom. The molecule has 1 amide bonds. The minimum atomic E-state index is -0.981. The highest BCUT2D eigenvalue weighted by Crippen LogP contribution is 2.43. The first-order valence-electron chi connectivity index (χ1n) is 10.2. The van der Waals surface area contributed by atoms with Crippen LogP contribution in [-0.4, -0.2) is 74.5 Å². The number of aliphatic carboxylic acids is 1. The first-order valence-corrected chi connectivity index (χ1v) is 11.6. The summed E-state index contributed by atoms with van der Waals surface area (Å²) in [4.78, 5) is 37.2. The van der Waals surface area contributed by atoms with Gasteiger partial charge in [0.05, 0.1) is 37.8 Å². The zero-order chi connectivity index (χ0) is 21.7. The number of hydrogen-bond acceptors (Lipinski definition) is 7. The number of carboxylic acid groups (broad SMARTS) is 1. The van der Waals surface area contributed by atoms with Crippen LogP contribution < -0.4 is 5.32 Å². The fourth-order valence-electron chi connectivity index (χ4n) is 3.67. The molecule has 8 nitrogen and oxygen atoms in total. The van der Waals surface area contributed by atoms with Gasteiger partial charge in [0.25, 0.3) is 0 Å². The monoisotopic (exact) mass is 433 g/mol. The van der Waals surface area contributed by atoms with E-state index in [1.54, 1.807) is 25.8 Å². The summed E-state index contributed by atoms with van der Waals surface area (Å²) in [5.41, 5.74) is -0.794. The van der Waals surface area contributed by atoms with Crippen molar-refractivity contribution in [3.05, 3.63) is 0 Å². The number of amides is 1. The molecule has 168 valence electrons. The topological polar surface area (TPSA) is 111 Å². The molecule has 1 aliphatic rings. The third-order valence-electron chi connectivity index (χ3n) is 5.27. The molecule has 0 unspecified atom stereocenters. The molecular formula is C20H35NO7S. The molecule has 0 heterocycles. The Morgan fingerprint density at radius 3 is 2.45 bits per heavy atom. The largest absolute Gasteiger partial charge is 0.481 e. The second kappa shape index (κ2) is 13.8. The van der Waals surface area contributed by atoms with Crippen LogP contribution in [0.15, 0.2) is 0 Å². The molecular weight excluding hydrogens is 398 g/mol. The second-order valence-electron chi connectivity index (χ2n) is 7.35. The highest BCUT2D eigenvalue weighted by molar-refractivity contribution is 7.98. The molecule has 0 saturated heterocycles. The van der Waals surface area contributed by atoms with Crippen molar-refractivity contribution >= 4 is 29.6 Å². The number of carboxylic acids is 1. The van der Waals surface area contributed by atoms with E-state index in [4.69, 9.17) is 14.2 Å². The lowest BCUT2D eigenvalue weighted by Crippen LogP contribution is -2.49. The Morgan fingerprint density at radius 2 is 1.90 bits per heavy atom. The number of methoxy groups -OCH3 is 1. The maximum absolute atomic E-state index is 13.2. The molecule has 0 aliphatic heterocycles. The first kappa shape index (κ1) is 25.7. The number of carbonyl (C=O) groups excluding carboxylic acids is 2. The predicted octanol–water partition coefficient (Wildman–Crippen LogP) is 2.10. The van der Waals surface area contributed by atoms with Crippen molar-refractivity contribution < 1.29 is 33.7 Å². The molecule has 9 heteroatoms. The van der Waals surface area contributed by atoms with Gasteiger partial charge in [-0.25, -0.2) is 4.79 Å². The van der Waals surface area contributed by atoms with E-state index in [1.165, 1.54) is 0 Å². The molecule has 1 rings (SSSR count). The van der Waals surface area contributed by atoms with Gasteiger partial charge in [-0.3, -0.25) is 9.59 Å². The summed E-state index contributed by atoms with van der Waals surface area (Å²) in [5, 5.41) is 12.5. The van der Waals surface area contributed by atoms with Crippen LogP contribution in [0.4, 0.5) is 0 Å². The Balaban J connectivity index is 2.86. The van der Waals surface area contributed by atoms with Gasteiger partial charge < -0.3 is 24.6 Å². The minimum absolute atomic E-state index is 0.0293. The zero-order valence-corrected chi connectivity index (χ0v) is 18.6. The Hall–Kier alpha value is -1.32. The fourth-order valence-corrected chi connectivity index (χ4v) is 4.14. The van der Waals surface area contributed by atoms with Crippen molar-refractivity contribution in [1.29, 1.82) is 0 Å². The highest BCUT2D eigenvalue weighted by Gasteiger charge is 2.45. The van der Waals surface area contributed by atoms with E-state index >= 15 is 0 Å². The Labute approximate surface area is 177 Å². The van der Waals surface area contributed by atoms with E-state index in [2.05, 4.69) is 5.32 Å². The summed E-state index contributed by atoms with van der Waals surface area (Å²) in [6.07, 6.45) is 5.54. The van der Waals surface area contributed by atoms with Crippen LogP contribution >= 0.6 is 11.8 Å². The second-order valence-corrected chi connectivity index (χ2v) is 8.34. The third kappa shape index (κ3) is 8.52. The van der Waals surface area contributed by atoms with Crippen molar-refractivity contribution in [1.82, 2.24) is 5.32 Å². The molecule has 0 radical (unpaired) electrons.